The van der Waals surface area contributed by atoms with E-state index in [-0.39, 0.29) is 18.8 Å². The number of nitrogens with one attached hydrogen (secondary N) is 1. The minimum atomic E-state index is -2.53. The number of fused-ring (bicyclic) bond motifs is 1. The van der Waals surface area contributed by atoms with Gasteiger partial charge in [0.15, 0.2) is 0 Å². The van der Waals surface area contributed by atoms with Crippen molar-refractivity contribution in [1.29, 1.82) is 0 Å². The molecule has 1 saturated carbocycles. The molecule has 32 heavy (non-hydrogen) atoms. The van der Waals surface area contributed by atoms with Crippen molar-refractivity contribution in [2.24, 2.45) is 13.0 Å². The third-order valence-corrected chi connectivity index (χ3v) is 6.91. The summed E-state index contributed by atoms with van der Waals surface area (Å²) in [7, 11) is 2.00. The van der Waals surface area contributed by atoms with Gasteiger partial charge in [0.05, 0.1) is 11.9 Å². The molecule has 2 fully saturated rings. The van der Waals surface area contributed by atoms with Gasteiger partial charge in [0.25, 0.3) is 0 Å². The lowest BCUT2D eigenvalue weighted by atomic mass is 9.85. The second kappa shape index (κ2) is 8.28. The Kier molecular flexibility index (Phi) is 5.45. The van der Waals surface area contributed by atoms with Crippen molar-refractivity contribution in [3.8, 4) is 11.1 Å². The van der Waals surface area contributed by atoms with Gasteiger partial charge in [-0.3, -0.25) is 9.58 Å². The predicted octanol–water partition coefficient (Wildman–Crippen LogP) is 5.59. The van der Waals surface area contributed by atoms with Crippen molar-refractivity contribution in [3.05, 3.63) is 54.6 Å². The quantitative estimate of drug-likeness (QED) is 0.546. The smallest absolute Gasteiger partial charge is 0.248 e. The highest BCUT2D eigenvalue weighted by Crippen LogP contribution is 2.39. The van der Waals surface area contributed by atoms with Crippen LogP contribution in [0.2, 0.25) is 0 Å². The lowest BCUT2D eigenvalue weighted by Gasteiger charge is -2.30. The van der Waals surface area contributed by atoms with Gasteiger partial charge >= 0.3 is 0 Å². The maximum Gasteiger partial charge on any atom is 0.248 e. The fourth-order valence-corrected chi connectivity index (χ4v) is 4.68. The van der Waals surface area contributed by atoms with E-state index in [2.05, 4.69) is 45.1 Å². The van der Waals surface area contributed by atoms with Gasteiger partial charge in [-0.15, -0.1) is 0 Å². The zero-order chi connectivity index (χ0) is 22.3. The molecule has 0 bridgehead atoms. The molecule has 0 radical (unpaired) electrons. The van der Waals surface area contributed by atoms with Crippen LogP contribution in [0.3, 0.4) is 0 Å². The first-order valence-corrected chi connectivity index (χ1v) is 11.3. The number of allylic oxidation sites excluding steroid dienone is 1. The van der Waals surface area contributed by atoms with Gasteiger partial charge in [-0.05, 0) is 61.4 Å². The fraction of sp³-hybridized carbons (Fsp3) is 0.440. The van der Waals surface area contributed by atoms with Crippen molar-refractivity contribution in [1.82, 2.24) is 19.7 Å². The summed E-state index contributed by atoms with van der Waals surface area (Å²) in [6, 6.07) is 8.38. The van der Waals surface area contributed by atoms with Crippen LogP contribution in [0.15, 0.2) is 48.9 Å². The van der Waals surface area contributed by atoms with Crippen LogP contribution in [-0.4, -0.2) is 38.7 Å². The Balaban J connectivity index is 1.36. The summed E-state index contributed by atoms with van der Waals surface area (Å²) in [5.41, 5.74) is 4.28. The number of alkyl halides is 2. The topological polar surface area (TPSA) is 46.0 Å². The molecule has 168 valence electrons. The van der Waals surface area contributed by atoms with E-state index in [1.54, 1.807) is 0 Å². The first-order valence-electron chi connectivity index (χ1n) is 11.3. The van der Waals surface area contributed by atoms with E-state index in [4.69, 9.17) is 0 Å². The van der Waals surface area contributed by atoms with E-state index in [0.29, 0.717) is 18.7 Å². The number of nitrogens with zero attached hydrogens (tertiary/aromatic N) is 4. The monoisotopic (exact) mass is 437 g/mol. The van der Waals surface area contributed by atoms with Crippen LogP contribution in [0.5, 0.6) is 0 Å². The first kappa shape index (κ1) is 21.1. The number of pyridine rings is 1. The largest absolute Gasteiger partial charge is 0.344 e. The molecule has 1 aliphatic heterocycles. The zero-order valence-electron chi connectivity index (χ0n) is 18.5. The molecule has 5 rings (SSSR count). The van der Waals surface area contributed by atoms with Crippen molar-refractivity contribution in [3.63, 3.8) is 0 Å². The van der Waals surface area contributed by atoms with Gasteiger partial charge in [-0.2, -0.15) is 5.10 Å². The van der Waals surface area contributed by atoms with E-state index in [0.717, 1.165) is 47.2 Å². The Morgan fingerprint density at radius 3 is 2.66 bits per heavy atom. The maximum atomic E-state index is 13.5. The summed E-state index contributed by atoms with van der Waals surface area (Å²) in [6.07, 6.45) is 5.82. The average Bonchev–Trinajstić information content (AvgIpc) is 3.10. The van der Waals surface area contributed by atoms with Crippen LogP contribution in [0, 0.1) is 5.92 Å². The summed E-state index contributed by atoms with van der Waals surface area (Å²) < 4.78 is 28.9. The Labute approximate surface area is 187 Å². The lowest BCUT2D eigenvalue weighted by Crippen LogP contribution is -2.37. The van der Waals surface area contributed by atoms with Crippen LogP contribution >= 0.6 is 0 Å². The van der Waals surface area contributed by atoms with Gasteiger partial charge in [0, 0.05) is 49.3 Å². The van der Waals surface area contributed by atoms with Gasteiger partial charge < -0.3 is 5.32 Å². The van der Waals surface area contributed by atoms with Gasteiger partial charge in [-0.25, -0.2) is 13.8 Å². The number of rotatable bonds is 6. The lowest BCUT2D eigenvalue weighted by molar-refractivity contribution is -0.0419. The molecule has 1 N–H and O–H groups in total. The molecule has 1 saturated heterocycles. The van der Waals surface area contributed by atoms with Crippen LogP contribution in [0.1, 0.15) is 37.8 Å². The Morgan fingerprint density at radius 2 is 1.94 bits per heavy atom. The van der Waals surface area contributed by atoms with Crippen LogP contribution in [0.4, 0.5) is 14.6 Å². The first-order chi connectivity index (χ1) is 15.4. The molecule has 0 atom stereocenters. The normalized spacial score (nSPS) is 19.1. The van der Waals surface area contributed by atoms with Gasteiger partial charge in [-0.1, -0.05) is 18.7 Å². The number of hydrogen-bond donors (Lipinski definition) is 1. The Hall–Kier alpha value is -2.80. The molecule has 3 heterocycles. The van der Waals surface area contributed by atoms with E-state index < -0.39 is 5.92 Å². The number of likely N-dealkylation sites (tertiary alicyclic amines) is 1. The van der Waals surface area contributed by atoms with Crippen LogP contribution in [0.25, 0.3) is 21.9 Å². The molecule has 0 spiro atoms. The molecule has 0 amide bonds. The van der Waals surface area contributed by atoms with Crippen LogP contribution < -0.4 is 5.32 Å². The summed E-state index contributed by atoms with van der Waals surface area (Å²) >= 11 is 0. The molecule has 1 aliphatic carbocycles. The second-order valence-electron chi connectivity index (χ2n) is 9.17. The van der Waals surface area contributed by atoms with E-state index >= 15 is 0 Å². The van der Waals surface area contributed by atoms with Crippen molar-refractivity contribution >= 4 is 16.6 Å². The molecular formula is C25H29F2N5. The second-order valence-corrected chi connectivity index (χ2v) is 9.17. The standard InChI is InChI=1S/C25H29F2N5/c1-17(18-6-8-25(26,27)9-7-18)30-24-13-21-12-19(4-5-20(21)14-28-24)22-15-29-31(2)23(22)16-32-10-3-11-32/h4-5,12-15,18H,1,3,6-11,16H2,2H3,(H,28,30). The molecule has 2 aromatic heterocycles. The predicted molar refractivity (Wildman–Crippen MR) is 124 cm³/mol. The number of aromatic nitrogens is 3. The van der Waals surface area contributed by atoms with Gasteiger partial charge in [0.2, 0.25) is 5.92 Å². The van der Waals surface area contributed by atoms with Crippen LogP contribution in [-0.2, 0) is 13.6 Å². The Bertz CT molecular complexity index is 1140. The van der Waals surface area contributed by atoms with E-state index in [1.165, 1.54) is 12.1 Å². The van der Waals surface area contributed by atoms with Crippen molar-refractivity contribution in [2.75, 3.05) is 18.4 Å². The minimum Gasteiger partial charge on any atom is -0.344 e. The van der Waals surface area contributed by atoms with Crippen molar-refractivity contribution in [2.45, 2.75) is 44.6 Å². The third-order valence-electron chi connectivity index (χ3n) is 6.91. The zero-order valence-corrected chi connectivity index (χ0v) is 18.5. The van der Waals surface area contributed by atoms with Gasteiger partial charge in [0.1, 0.15) is 5.82 Å². The molecular weight excluding hydrogens is 408 g/mol. The highest BCUT2D eigenvalue weighted by atomic mass is 19.3. The summed E-state index contributed by atoms with van der Waals surface area (Å²) in [5, 5.41) is 9.90. The highest BCUT2D eigenvalue weighted by Gasteiger charge is 2.35. The number of benzene rings is 1. The Morgan fingerprint density at radius 1 is 1.16 bits per heavy atom. The molecule has 0 unspecified atom stereocenters. The number of halogens is 2. The summed E-state index contributed by atoms with van der Waals surface area (Å²) in [6.45, 7) is 7.31. The van der Waals surface area contributed by atoms with Crippen molar-refractivity contribution < 1.29 is 8.78 Å². The average molecular weight is 438 g/mol. The fourth-order valence-electron chi connectivity index (χ4n) is 4.68. The molecule has 1 aromatic carbocycles. The number of anilines is 1. The summed E-state index contributed by atoms with van der Waals surface area (Å²) in [4.78, 5) is 6.94. The number of hydrogen-bond acceptors (Lipinski definition) is 4. The molecule has 3 aromatic rings. The maximum absolute atomic E-state index is 13.5. The molecule has 5 nitrogen and oxygen atoms in total. The van der Waals surface area contributed by atoms with E-state index in [9.17, 15) is 8.78 Å². The third kappa shape index (κ3) is 4.26. The summed E-state index contributed by atoms with van der Waals surface area (Å²) in [5.74, 6) is -1.78. The minimum absolute atomic E-state index is 0.0536. The SMILES string of the molecule is C=C(Nc1cc2cc(-c3cnn(C)c3CN3CCC3)ccc2cn1)C1CCC(F)(F)CC1. The number of aryl methyl sites for hydroxylation is 1. The van der Waals surface area contributed by atoms with E-state index in [1.807, 2.05) is 30.2 Å². The highest BCUT2D eigenvalue weighted by molar-refractivity contribution is 5.88. The molecule has 2 aliphatic rings. The molecule has 7 heteroatoms.